The topological polar surface area (TPSA) is 94.6 Å². The van der Waals surface area contributed by atoms with Gasteiger partial charge in [-0.05, 0) is 35.2 Å². The van der Waals surface area contributed by atoms with Crippen LogP contribution in [0.25, 0.3) is 0 Å². The van der Waals surface area contributed by atoms with Gasteiger partial charge in [-0.2, -0.15) is 0 Å². The first-order chi connectivity index (χ1) is 12.7. The summed E-state index contributed by atoms with van der Waals surface area (Å²) in [6.07, 6.45) is 0. The first-order valence-electron chi connectivity index (χ1n) is 7.85. The SMILES string of the molecule is CC(C)(C)c1ccc(S(=O)(=O)Cl)cc1.COC(=O)c1ccccc1S(=O)(=O)Cl. The third-order valence-corrected chi connectivity index (χ3v) is 6.31. The Morgan fingerprint density at radius 3 is 1.75 bits per heavy atom. The van der Waals surface area contributed by atoms with E-state index in [0.29, 0.717) is 0 Å². The zero-order chi connectivity index (χ0) is 21.8. The fourth-order valence-electron chi connectivity index (χ4n) is 2.08. The Labute approximate surface area is 174 Å². The summed E-state index contributed by atoms with van der Waals surface area (Å²) in [5, 5.41) is 0. The molecule has 0 radical (unpaired) electrons. The summed E-state index contributed by atoms with van der Waals surface area (Å²) in [4.78, 5) is 11.0. The van der Waals surface area contributed by atoms with Crippen LogP contribution < -0.4 is 0 Å². The van der Waals surface area contributed by atoms with E-state index in [0.717, 1.165) is 5.56 Å². The average molecular weight is 467 g/mol. The highest BCUT2D eigenvalue weighted by atomic mass is 35.7. The molecule has 0 saturated heterocycles. The fraction of sp³-hybridized carbons (Fsp3) is 0.278. The highest BCUT2D eigenvalue weighted by Crippen LogP contribution is 2.24. The number of hydrogen-bond donors (Lipinski definition) is 0. The third kappa shape index (κ3) is 7.09. The Bertz CT molecular complexity index is 1040. The molecule has 10 heteroatoms. The molecule has 2 aromatic rings. The molecule has 0 unspecified atom stereocenters. The Hall–Kier alpha value is -1.61. The van der Waals surface area contributed by atoms with Gasteiger partial charge in [0, 0.05) is 21.4 Å². The van der Waals surface area contributed by atoms with Gasteiger partial charge in [-0.15, -0.1) is 0 Å². The molecule has 2 aromatic carbocycles. The van der Waals surface area contributed by atoms with Gasteiger partial charge in [0.25, 0.3) is 18.1 Å². The first-order valence-corrected chi connectivity index (χ1v) is 12.5. The minimum Gasteiger partial charge on any atom is -0.465 e. The van der Waals surface area contributed by atoms with Crippen molar-refractivity contribution in [2.24, 2.45) is 0 Å². The van der Waals surface area contributed by atoms with Crippen molar-refractivity contribution in [3.8, 4) is 0 Å². The number of carbonyl (C=O) groups excluding carboxylic acids is 1. The predicted octanol–water partition coefficient (Wildman–Crippen LogP) is 4.31. The van der Waals surface area contributed by atoms with E-state index in [1.165, 1.54) is 43.5 Å². The molecule has 0 saturated carbocycles. The molecule has 28 heavy (non-hydrogen) atoms. The van der Waals surface area contributed by atoms with Crippen LogP contribution in [-0.2, 0) is 28.3 Å². The zero-order valence-corrected chi connectivity index (χ0v) is 18.8. The van der Waals surface area contributed by atoms with Crippen LogP contribution in [0.3, 0.4) is 0 Å². The van der Waals surface area contributed by atoms with Gasteiger partial charge in [-0.3, -0.25) is 0 Å². The number of rotatable bonds is 3. The molecule has 0 aliphatic carbocycles. The molecule has 0 spiro atoms. The summed E-state index contributed by atoms with van der Waals surface area (Å²) < 4.78 is 48.4. The van der Waals surface area contributed by atoms with Crippen LogP contribution in [0.5, 0.6) is 0 Å². The van der Waals surface area contributed by atoms with E-state index in [1.54, 1.807) is 12.1 Å². The van der Waals surface area contributed by atoms with Crippen molar-refractivity contribution in [2.75, 3.05) is 7.11 Å². The average Bonchev–Trinajstić information content (AvgIpc) is 2.59. The van der Waals surface area contributed by atoms with Crippen LogP contribution in [0.2, 0.25) is 0 Å². The van der Waals surface area contributed by atoms with Crippen molar-refractivity contribution in [2.45, 2.75) is 36.0 Å². The summed E-state index contributed by atoms with van der Waals surface area (Å²) in [6.45, 7) is 6.20. The van der Waals surface area contributed by atoms with E-state index in [9.17, 15) is 21.6 Å². The summed E-state index contributed by atoms with van der Waals surface area (Å²) in [7, 11) is 3.98. The highest BCUT2D eigenvalue weighted by molar-refractivity contribution is 8.14. The highest BCUT2D eigenvalue weighted by Gasteiger charge is 2.20. The lowest BCUT2D eigenvalue weighted by atomic mass is 9.87. The molecule has 0 aromatic heterocycles. The minimum absolute atomic E-state index is 0.0224. The Balaban J connectivity index is 0.000000280. The Morgan fingerprint density at radius 2 is 1.36 bits per heavy atom. The van der Waals surface area contributed by atoms with Crippen molar-refractivity contribution in [3.05, 3.63) is 59.7 Å². The van der Waals surface area contributed by atoms with Gasteiger partial charge >= 0.3 is 5.97 Å². The van der Waals surface area contributed by atoms with E-state index in [1.807, 2.05) is 0 Å². The Morgan fingerprint density at radius 1 is 0.857 bits per heavy atom. The van der Waals surface area contributed by atoms with Gasteiger partial charge in [-0.25, -0.2) is 21.6 Å². The van der Waals surface area contributed by atoms with Crippen molar-refractivity contribution in [3.63, 3.8) is 0 Å². The quantitative estimate of drug-likeness (QED) is 0.493. The van der Waals surface area contributed by atoms with Gasteiger partial charge in [0.2, 0.25) is 0 Å². The minimum atomic E-state index is -3.92. The maximum atomic E-state index is 11.1. The van der Waals surface area contributed by atoms with E-state index in [4.69, 9.17) is 21.4 Å². The molecule has 0 bridgehead atoms. The molecule has 2 rings (SSSR count). The molecule has 0 heterocycles. The number of hydrogen-bond acceptors (Lipinski definition) is 6. The normalized spacial score (nSPS) is 11.9. The second-order valence-corrected chi connectivity index (χ2v) is 11.7. The van der Waals surface area contributed by atoms with E-state index in [-0.39, 0.29) is 20.8 Å². The van der Waals surface area contributed by atoms with Crippen LogP contribution in [0, 0.1) is 0 Å². The molecule has 154 valence electrons. The second-order valence-electron chi connectivity index (χ2n) is 6.64. The van der Waals surface area contributed by atoms with Crippen LogP contribution in [0.15, 0.2) is 58.3 Å². The fourth-order valence-corrected chi connectivity index (χ4v) is 3.90. The smallest absolute Gasteiger partial charge is 0.339 e. The number of benzene rings is 2. The van der Waals surface area contributed by atoms with E-state index < -0.39 is 24.1 Å². The zero-order valence-electron chi connectivity index (χ0n) is 15.6. The molecule has 0 fully saturated rings. The summed E-state index contributed by atoms with van der Waals surface area (Å²) in [5.41, 5.74) is 1.04. The number of carbonyl (C=O) groups is 1. The number of ether oxygens (including phenoxy) is 1. The number of halogens is 2. The van der Waals surface area contributed by atoms with Crippen molar-refractivity contribution in [1.29, 1.82) is 0 Å². The molecular formula is C18H20Cl2O6S2. The number of esters is 1. The van der Waals surface area contributed by atoms with Crippen LogP contribution >= 0.6 is 21.4 Å². The van der Waals surface area contributed by atoms with E-state index in [2.05, 4.69) is 25.5 Å². The number of methoxy groups -OCH3 is 1. The van der Waals surface area contributed by atoms with Crippen LogP contribution in [-0.4, -0.2) is 29.9 Å². The first kappa shape index (κ1) is 24.4. The van der Waals surface area contributed by atoms with Gasteiger partial charge in [0.05, 0.1) is 22.5 Å². The molecule has 0 amide bonds. The Kier molecular flexibility index (Phi) is 8.08. The molecule has 0 N–H and O–H groups in total. The van der Waals surface area contributed by atoms with Crippen molar-refractivity contribution < 1.29 is 26.4 Å². The predicted molar refractivity (Wildman–Crippen MR) is 109 cm³/mol. The third-order valence-electron chi connectivity index (χ3n) is 3.56. The standard InChI is InChI=1S/C10H13ClO2S.C8H7ClO4S/c1-10(2,3)8-4-6-9(7-5-8)14(11,12)13;1-13-8(10)6-4-2-3-5-7(6)14(9,11)12/h4-7H,1-3H3;2-5H,1H3. The lowest BCUT2D eigenvalue weighted by molar-refractivity contribution is 0.0596. The molecule has 6 nitrogen and oxygen atoms in total. The molecular weight excluding hydrogens is 447 g/mol. The molecule has 0 aliphatic rings. The summed E-state index contributed by atoms with van der Waals surface area (Å²) in [6, 6.07) is 12.2. The monoisotopic (exact) mass is 466 g/mol. The lowest BCUT2D eigenvalue weighted by Crippen LogP contribution is -2.10. The molecule has 0 aliphatic heterocycles. The largest absolute Gasteiger partial charge is 0.465 e. The van der Waals surface area contributed by atoms with Crippen molar-refractivity contribution >= 4 is 45.4 Å². The van der Waals surface area contributed by atoms with Gasteiger partial charge in [-0.1, -0.05) is 45.0 Å². The van der Waals surface area contributed by atoms with Crippen molar-refractivity contribution in [1.82, 2.24) is 0 Å². The summed E-state index contributed by atoms with van der Waals surface area (Å²) >= 11 is 0. The van der Waals surface area contributed by atoms with Gasteiger partial charge in [0.15, 0.2) is 0 Å². The molecule has 0 atom stereocenters. The van der Waals surface area contributed by atoms with E-state index >= 15 is 0 Å². The maximum Gasteiger partial charge on any atom is 0.339 e. The maximum absolute atomic E-state index is 11.1. The van der Waals surface area contributed by atoms with Crippen LogP contribution in [0.1, 0.15) is 36.7 Å². The second kappa shape index (κ2) is 9.26. The summed E-state index contributed by atoms with van der Waals surface area (Å²) in [5.74, 6) is -0.732. The lowest BCUT2D eigenvalue weighted by Gasteiger charge is -2.18. The van der Waals surface area contributed by atoms with Crippen LogP contribution in [0.4, 0.5) is 0 Å². The van der Waals surface area contributed by atoms with Gasteiger partial charge in [0.1, 0.15) is 0 Å². The van der Waals surface area contributed by atoms with Gasteiger partial charge < -0.3 is 4.74 Å².